The highest BCUT2D eigenvalue weighted by Gasteiger charge is 2.15. The summed E-state index contributed by atoms with van der Waals surface area (Å²) in [5, 5.41) is 12.3. The predicted octanol–water partition coefficient (Wildman–Crippen LogP) is 3.41. The second kappa shape index (κ2) is 6.42. The lowest BCUT2D eigenvalue weighted by Crippen LogP contribution is -2.17. The highest BCUT2D eigenvalue weighted by molar-refractivity contribution is 5.21. The van der Waals surface area contributed by atoms with Crippen LogP contribution in [0.1, 0.15) is 37.8 Å². The van der Waals surface area contributed by atoms with Crippen LogP contribution in [0.15, 0.2) is 24.3 Å². The van der Waals surface area contributed by atoms with E-state index in [-0.39, 0.29) is 5.41 Å². The van der Waals surface area contributed by atoms with Crippen molar-refractivity contribution in [2.24, 2.45) is 5.41 Å². The van der Waals surface area contributed by atoms with Crippen molar-refractivity contribution in [2.45, 2.75) is 40.2 Å². The SMILES string of the molecule is Cc1cccc(CNCCCC(C)(C)C#N)c1. The quantitative estimate of drug-likeness (QED) is 0.760. The highest BCUT2D eigenvalue weighted by atomic mass is 14.8. The zero-order valence-electron chi connectivity index (χ0n) is 11.1. The third kappa shape index (κ3) is 5.51. The molecule has 0 aliphatic rings. The van der Waals surface area contributed by atoms with E-state index in [0.29, 0.717) is 0 Å². The summed E-state index contributed by atoms with van der Waals surface area (Å²) in [6, 6.07) is 10.9. The number of rotatable bonds is 6. The average molecular weight is 230 g/mol. The third-order valence-electron chi connectivity index (χ3n) is 2.87. The maximum Gasteiger partial charge on any atom is 0.0683 e. The Morgan fingerprint density at radius 3 is 2.76 bits per heavy atom. The van der Waals surface area contributed by atoms with E-state index in [0.717, 1.165) is 25.9 Å². The molecule has 0 amide bonds. The summed E-state index contributed by atoms with van der Waals surface area (Å²) in [6.07, 6.45) is 2.00. The molecule has 0 heterocycles. The average Bonchev–Trinajstić information content (AvgIpc) is 2.29. The topological polar surface area (TPSA) is 35.8 Å². The van der Waals surface area contributed by atoms with Gasteiger partial charge in [0.25, 0.3) is 0 Å². The van der Waals surface area contributed by atoms with Crippen LogP contribution in [0.25, 0.3) is 0 Å². The number of hydrogen-bond acceptors (Lipinski definition) is 2. The second-order valence-corrected chi connectivity index (χ2v) is 5.27. The molecule has 0 bridgehead atoms. The van der Waals surface area contributed by atoms with Crippen molar-refractivity contribution >= 4 is 0 Å². The fraction of sp³-hybridized carbons (Fsp3) is 0.533. The van der Waals surface area contributed by atoms with Gasteiger partial charge in [-0.25, -0.2) is 0 Å². The van der Waals surface area contributed by atoms with Crippen LogP contribution in [-0.4, -0.2) is 6.54 Å². The van der Waals surface area contributed by atoms with Crippen molar-refractivity contribution in [3.8, 4) is 6.07 Å². The van der Waals surface area contributed by atoms with E-state index in [1.165, 1.54) is 11.1 Å². The monoisotopic (exact) mass is 230 g/mol. The molecule has 1 rings (SSSR count). The van der Waals surface area contributed by atoms with Crippen molar-refractivity contribution in [3.05, 3.63) is 35.4 Å². The van der Waals surface area contributed by atoms with E-state index in [4.69, 9.17) is 5.26 Å². The van der Waals surface area contributed by atoms with Crippen molar-refractivity contribution < 1.29 is 0 Å². The van der Waals surface area contributed by atoms with Crippen molar-refractivity contribution in [1.82, 2.24) is 5.32 Å². The summed E-state index contributed by atoms with van der Waals surface area (Å²) in [4.78, 5) is 0. The number of hydrogen-bond donors (Lipinski definition) is 1. The molecule has 0 atom stereocenters. The summed E-state index contributed by atoms with van der Waals surface area (Å²) in [7, 11) is 0. The molecule has 0 saturated carbocycles. The number of benzene rings is 1. The molecule has 2 nitrogen and oxygen atoms in total. The van der Waals surface area contributed by atoms with E-state index in [9.17, 15) is 0 Å². The van der Waals surface area contributed by atoms with Gasteiger partial charge in [0.2, 0.25) is 0 Å². The Morgan fingerprint density at radius 2 is 2.12 bits per heavy atom. The molecular weight excluding hydrogens is 208 g/mol. The molecule has 0 radical (unpaired) electrons. The Kier molecular flexibility index (Phi) is 5.18. The largest absolute Gasteiger partial charge is 0.313 e. The van der Waals surface area contributed by atoms with Crippen LogP contribution in [0.2, 0.25) is 0 Å². The zero-order valence-corrected chi connectivity index (χ0v) is 11.1. The minimum atomic E-state index is -0.189. The molecule has 1 aromatic rings. The van der Waals surface area contributed by atoms with Crippen LogP contribution in [-0.2, 0) is 6.54 Å². The maximum atomic E-state index is 8.89. The standard InChI is InChI=1S/C15H22N2/c1-13-6-4-7-14(10-13)11-17-9-5-8-15(2,3)12-16/h4,6-7,10,17H,5,8-9,11H2,1-3H3. The van der Waals surface area contributed by atoms with Crippen molar-refractivity contribution in [2.75, 3.05) is 6.54 Å². The normalized spacial score (nSPS) is 11.2. The minimum Gasteiger partial charge on any atom is -0.313 e. The first-order chi connectivity index (χ1) is 8.03. The van der Waals surface area contributed by atoms with Gasteiger partial charge in [0.1, 0.15) is 0 Å². The lowest BCUT2D eigenvalue weighted by molar-refractivity contribution is 0.426. The Labute approximate surface area is 105 Å². The van der Waals surface area contributed by atoms with Gasteiger partial charge in [-0.05, 0) is 45.7 Å². The lowest BCUT2D eigenvalue weighted by Gasteiger charge is -2.14. The maximum absolute atomic E-state index is 8.89. The summed E-state index contributed by atoms with van der Waals surface area (Å²) in [6.45, 7) is 7.98. The molecule has 92 valence electrons. The lowest BCUT2D eigenvalue weighted by atomic mass is 9.90. The van der Waals surface area contributed by atoms with E-state index >= 15 is 0 Å². The molecule has 0 aliphatic heterocycles. The fourth-order valence-corrected chi connectivity index (χ4v) is 1.77. The summed E-state index contributed by atoms with van der Waals surface area (Å²) >= 11 is 0. The summed E-state index contributed by atoms with van der Waals surface area (Å²) in [5.74, 6) is 0. The number of nitrogens with zero attached hydrogens (tertiary/aromatic N) is 1. The van der Waals surface area contributed by atoms with Crippen LogP contribution in [0.3, 0.4) is 0 Å². The molecule has 0 aliphatic carbocycles. The van der Waals surface area contributed by atoms with Gasteiger partial charge < -0.3 is 5.32 Å². The summed E-state index contributed by atoms with van der Waals surface area (Å²) in [5.41, 5.74) is 2.44. The Hall–Kier alpha value is -1.33. The van der Waals surface area contributed by atoms with Crippen LogP contribution < -0.4 is 5.32 Å². The molecule has 0 unspecified atom stereocenters. The molecule has 17 heavy (non-hydrogen) atoms. The number of nitriles is 1. The van der Waals surface area contributed by atoms with Crippen molar-refractivity contribution in [1.29, 1.82) is 5.26 Å². The highest BCUT2D eigenvalue weighted by Crippen LogP contribution is 2.19. The van der Waals surface area contributed by atoms with Gasteiger partial charge in [0.15, 0.2) is 0 Å². The molecule has 0 saturated heterocycles. The van der Waals surface area contributed by atoms with Gasteiger partial charge >= 0.3 is 0 Å². The van der Waals surface area contributed by atoms with Gasteiger partial charge in [-0.15, -0.1) is 0 Å². The van der Waals surface area contributed by atoms with Gasteiger partial charge in [-0.1, -0.05) is 29.8 Å². The first-order valence-corrected chi connectivity index (χ1v) is 6.21. The molecule has 1 aromatic carbocycles. The van der Waals surface area contributed by atoms with Crippen molar-refractivity contribution in [3.63, 3.8) is 0 Å². The van der Waals surface area contributed by atoms with Crippen LogP contribution >= 0.6 is 0 Å². The molecule has 2 heteroatoms. The van der Waals surface area contributed by atoms with E-state index in [1.54, 1.807) is 0 Å². The fourth-order valence-electron chi connectivity index (χ4n) is 1.77. The smallest absolute Gasteiger partial charge is 0.0683 e. The molecule has 0 aromatic heterocycles. The summed E-state index contributed by atoms with van der Waals surface area (Å²) < 4.78 is 0. The number of aryl methyl sites for hydroxylation is 1. The van der Waals surface area contributed by atoms with Gasteiger partial charge in [-0.3, -0.25) is 0 Å². The second-order valence-electron chi connectivity index (χ2n) is 5.27. The van der Waals surface area contributed by atoms with E-state index < -0.39 is 0 Å². The Morgan fingerprint density at radius 1 is 1.35 bits per heavy atom. The van der Waals surface area contributed by atoms with E-state index in [1.807, 2.05) is 13.8 Å². The Bertz CT molecular complexity index is 388. The van der Waals surface area contributed by atoms with Crippen LogP contribution in [0.5, 0.6) is 0 Å². The van der Waals surface area contributed by atoms with Gasteiger partial charge in [0.05, 0.1) is 11.5 Å². The molecule has 1 N–H and O–H groups in total. The molecule has 0 spiro atoms. The van der Waals surface area contributed by atoms with Crippen LogP contribution in [0, 0.1) is 23.7 Å². The Balaban J connectivity index is 2.19. The van der Waals surface area contributed by atoms with Crippen LogP contribution in [0.4, 0.5) is 0 Å². The molecule has 0 fully saturated rings. The van der Waals surface area contributed by atoms with E-state index in [2.05, 4.69) is 42.6 Å². The molecular formula is C15H22N2. The first-order valence-electron chi connectivity index (χ1n) is 6.21. The predicted molar refractivity (Wildman–Crippen MR) is 71.5 cm³/mol. The van der Waals surface area contributed by atoms with Gasteiger partial charge in [0, 0.05) is 6.54 Å². The minimum absolute atomic E-state index is 0.189. The van der Waals surface area contributed by atoms with Gasteiger partial charge in [-0.2, -0.15) is 5.26 Å². The number of nitrogens with one attached hydrogen (secondary N) is 1. The third-order valence-corrected chi connectivity index (χ3v) is 2.87. The first kappa shape index (κ1) is 13.7. The zero-order chi connectivity index (χ0) is 12.7.